The van der Waals surface area contributed by atoms with Crippen LogP contribution in [0.5, 0.6) is 0 Å². The zero-order valence-electron chi connectivity index (χ0n) is 12.1. The topological polar surface area (TPSA) is 44.0 Å². The van der Waals surface area contributed by atoms with Crippen LogP contribution in [-0.2, 0) is 0 Å². The Labute approximate surface area is 123 Å². The molecule has 2 fully saturated rings. The highest BCUT2D eigenvalue weighted by Crippen LogP contribution is 2.33. The maximum absolute atomic E-state index is 14.5. The van der Waals surface area contributed by atoms with Crippen LogP contribution in [0.4, 0.5) is 4.39 Å². The largest absolute Gasteiger partial charge is 0.345 e. The Morgan fingerprint density at radius 3 is 2.95 bits per heavy atom. The summed E-state index contributed by atoms with van der Waals surface area (Å²) in [4.78, 5) is 9.80. The zero-order valence-corrected chi connectivity index (χ0v) is 12.1. The van der Waals surface area contributed by atoms with Crippen LogP contribution < -0.4 is 5.32 Å². The summed E-state index contributed by atoms with van der Waals surface area (Å²) in [5.74, 6) is 0.108. The minimum absolute atomic E-state index is 0.118. The summed E-state index contributed by atoms with van der Waals surface area (Å²) < 4.78 is 14.5. The summed E-state index contributed by atoms with van der Waals surface area (Å²) in [6.07, 6.45) is 5.29. The molecule has 2 saturated heterocycles. The van der Waals surface area contributed by atoms with Gasteiger partial charge in [-0.25, -0.2) is 9.37 Å². The van der Waals surface area contributed by atoms with E-state index in [1.54, 1.807) is 12.4 Å². The molecule has 2 unspecified atom stereocenters. The van der Waals surface area contributed by atoms with E-state index in [1.807, 2.05) is 6.07 Å². The molecule has 0 amide bonds. The number of aromatic nitrogens is 2. The smallest absolute Gasteiger partial charge is 0.129 e. The second-order valence-electron chi connectivity index (χ2n) is 6.20. The highest BCUT2D eigenvalue weighted by atomic mass is 19.1. The van der Waals surface area contributed by atoms with Gasteiger partial charge < -0.3 is 10.3 Å². The molecule has 1 aromatic carbocycles. The fourth-order valence-corrected chi connectivity index (χ4v) is 3.93. The van der Waals surface area contributed by atoms with Crippen molar-refractivity contribution in [2.75, 3.05) is 26.2 Å². The molecule has 2 N–H and O–H groups in total. The van der Waals surface area contributed by atoms with Gasteiger partial charge in [0.05, 0.1) is 17.4 Å². The van der Waals surface area contributed by atoms with Gasteiger partial charge in [-0.3, -0.25) is 4.90 Å². The van der Waals surface area contributed by atoms with E-state index in [2.05, 4.69) is 20.2 Å². The number of halogens is 1. The number of aromatic amines is 1. The number of imidazole rings is 1. The van der Waals surface area contributed by atoms with E-state index in [1.165, 1.54) is 12.8 Å². The standard InChI is InChI=1S/C16H21FN4/c17-13-8-15-14(19-10-20-15)7-11(13)12-9-18-4-3-16(12)21-5-1-2-6-21/h7-8,10,12,16,18H,1-6,9H2,(H,19,20). The molecule has 2 aliphatic rings. The molecule has 2 aliphatic heterocycles. The first-order chi connectivity index (χ1) is 10.3. The fourth-order valence-electron chi connectivity index (χ4n) is 3.93. The molecule has 4 rings (SSSR count). The average molecular weight is 288 g/mol. The Balaban J connectivity index is 1.71. The second-order valence-corrected chi connectivity index (χ2v) is 6.20. The van der Waals surface area contributed by atoms with Crippen molar-refractivity contribution in [2.24, 2.45) is 0 Å². The molecule has 0 spiro atoms. The number of nitrogens with one attached hydrogen (secondary N) is 2. The molecule has 5 heteroatoms. The van der Waals surface area contributed by atoms with E-state index >= 15 is 0 Å². The molecular formula is C16H21FN4. The summed E-state index contributed by atoms with van der Waals surface area (Å²) in [5, 5.41) is 3.44. The zero-order chi connectivity index (χ0) is 14.2. The minimum Gasteiger partial charge on any atom is -0.345 e. The van der Waals surface area contributed by atoms with Crippen LogP contribution in [0.1, 0.15) is 30.7 Å². The highest BCUT2D eigenvalue weighted by Gasteiger charge is 2.34. The predicted molar refractivity (Wildman–Crippen MR) is 80.9 cm³/mol. The third-order valence-electron chi connectivity index (χ3n) is 4.99. The quantitative estimate of drug-likeness (QED) is 0.891. The maximum atomic E-state index is 14.5. The van der Waals surface area contributed by atoms with E-state index in [0.29, 0.717) is 11.6 Å². The number of likely N-dealkylation sites (tertiary alicyclic amines) is 1. The molecule has 4 nitrogen and oxygen atoms in total. The van der Waals surface area contributed by atoms with Gasteiger partial charge in [0.2, 0.25) is 0 Å². The minimum atomic E-state index is -0.118. The van der Waals surface area contributed by atoms with Gasteiger partial charge in [-0.05, 0) is 50.5 Å². The first-order valence-electron chi connectivity index (χ1n) is 7.90. The van der Waals surface area contributed by atoms with Crippen molar-refractivity contribution < 1.29 is 4.39 Å². The molecule has 2 aromatic rings. The Morgan fingerprint density at radius 2 is 2.10 bits per heavy atom. The van der Waals surface area contributed by atoms with Crippen LogP contribution in [0.15, 0.2) is 18.5 Å². The molecular weight excluding hydrogens is 267 g/mol. The van der Waals surface area contributed by atoms with Gasteiger partial charge in [-0.15, -0.1) is 0 Å². The summed E-state index contributed by atoms with van der Waals surface area (Å²) in [7, 11) is 0. The number of hydrogen-bond donors (Lipinski definition) is 2. The molecule has 1 aromatic heterocycles. The van der Waals surface area contributed by atoms with Gasteiger partial charge in [0.25, 0.3) is 0 Å². The lowest BCUT2D eigenvalue weighted by Crippen LogP contribution is -2.47. The van der Waals surface area contributed by atoms with Gasteiger partial charge >= 0.3 is 0 Å². The summed E-state index contributed by atoms with van der Waals surface area (Å²) in [6.45, 7) is 4.22. The van der Waals surface area contributed by atoms with Crippen molar-refractivity contribution in [3.8, 4) is 0 Å². The molecule has 0 bridgehead atoms. The number of H-pyrrole nitrogens is 1. The van der Waals surface area contributed by atoms with Crippen LogP contribution in [0.3, 0.4) is 0 Å². The first-order valence-corrected chi connectivity index (χ1v) is 7.90. The highest BCUT2D eigenvalue weighted by molar-refractivity contribution is 5.75. The Kier molecular flexibility index (Phi) is 3.39. The molecule has 21 heavy (non-hydrogen) atoms. The molecule has 2 atom stereocenters. The van der Waals surface area contributed by atoms with Crippen LogP contribution in [0.2, 0.25) is 0 Å². The van der Waals surface area contributed by atoms with Crippen LogP contribution >= 0.6 is 0 Å². The fraction of sp³-hybridized carbons (Fsp3) is 0.562. The molecule has 0 saturated carbocycles. The van der Waals surface area contributed by atoms with E-state index in [4.69, 9.17) is 0 Å². The first kappa shape index (κ1) is 13.2. The van der Waals surface area contributed by atoms with Crippen LogP contribution in [0.25, 0.3) is 11.0 Å². The predicted octanol–water partition coefficient (Wildman–Crippen LogP) is 2.24. The van der Waals surface area contributed by atoms with Crippen molar-refractivity contribution in [3.63, 3.8) is 0 Å². The van der Waals surface area contributed by atoms with Crippen molar-refractivity contribution in [1.82, 2.24) is 20.2 Å². The van der Waals surface area contributed by atoms with Crippen molar-refractivity contribution >= 4 is 11.0 Å². The number of fused-ring (bicyclic) bond motifs is 1. The number of rotatable bonds is 2. The number of hydrogen-bond acceptors (Lipinski definition) is 3. The van der Waals surface area contributed by atoms with Gasteiger partial charge in [0, 0.05) is 24.6 Å². The maximum Gasteiger partial charge on any atom is 0.129 e. The second kappa shape index (κ2) is 5.39. The lowest BCUT2D eigenvalue weighted by molar-refractivity contribution is 0.173. The number of benzene rings is 1. The SMILES string of the molecule is Fc1cc2nc[nH]c2cc1C1CNCCC1N1CCCC1. The average Bonchev–Trinajstić information content (AvgIpc) is 3.17. The van der Waals surface area contributed by atoms with Gasteiger partial charge in [-0.1, -0.05) is 0 Å². The van der Waals surface area contributed by atoms with Crippen LogP contribution in [0, 0.1) is 5.82 Å². The van der Waals surface area contributed by atoms with Gasteiger partial charge in [0.15, 0.2) is 0 Å². The third-order valence-corrected chi connectivity index (χ3v) is 4.99. The van der Waals surface area contributed by atoms with Crippen LogP contribution in [-0.4, -0.2) is 47.1 Å². The summed E-state index contributed by atoms with van der Waals surface area (Å²) >= 11 is 0. The van der Waals surface area contributed by atoms with E-state index in [-0.39, 0.29) is 11.7 Å². The lowest BCUT2D eigenvalue weighted by Gasteiger charge is -2.38. The molecule has 112 valence electrons. The van der Waals surface area contributed by atoms with Crippen molar-refractivity contribution in [1.29, 1.82) is 0 Å². The van der Waals surface area contributed by atoms with E-state index in [0.717, 1.165) is 43.7 Å². The summed E-state index contributed by atoms with van der Waals surface area (Å²) in [6, 6.07) is 3.98. The Bertz CT molecular complexity index is 632. The molecule has 0 aliphatic carbocycles. The molecule has 0 radical (unpaired) electrons. The normalized spacial score (nSPS) is 27.5. The van der Waals surface area contributed by atoms with Gasteiger partial charge in [0.1, 0.15) is 5.82 Å². The summed E-state index contributed by atoms with van der Waals surface area (Å²) in [5.41, 5.74) is 2.46. The van der Waals surface area contributed by atoms with E-state index < -0.39 is 0 Å². The number of nitrogens with zero attached hydrogens (tertiary/aromatic N) is 2. The van der Waals surface area contributed by atoms with E-state index in [9.17, 15) is 4.39 Å². The Morgan fingerprint density at radius 1 is 1.24 bits per heavy atom. The van der Waals surface area contributed by atoms with Crippen molar-refractivity contribution in [2.45, 2.75) is 31.2 Å². The number of piperidine rings is 1. The monoisotopic (exact) mass is 288 g/mol. The molecule has 3 heterocycles. The Hall–Kier alpha value is -1.46. The van der Waals surface area contributed by atoms with Crippen molar-refractivity contribution in [3.05, 3.63) is 29.8 Å². The van der Waals surface area contributed by atoms with Gasteiger partial charge in [-0.2, -0.15) is 0 Å². The lowest BCUT2D eigenvalue weighted by atomic mass is 9.85. The third kappa shape index (κ3) is 2.34.